The highest BCUT2D eigenvalue weighted by atomic mass is 79.9. The van der Waals surface area contributed by atoms with Crippen molar-refractivity contribution in [2.45, 2.75) is 71.0 Å². The third-order valence-corrected chi connectivity index (χ3v) is 8.57. The largest absolute Gasteiger partial charge is 0.463 e. The zero-order chi connectivity index (χ0) is 26.2. The Balaban J connectivity index is 1.81. The number of halogens is 1. The van der Waals surface area contributed by atoms with Crippen LogP contribution in [0, 0.1) is 19.3 Å². The van der Waals surface area contributed by atoms with Crippen molar-refractivity contribution in [3.63, 3.8) is 0 Å². The highest BCUT2D eigenvalue weighted by molar-refractivity contribution is 9.10. The molecule has 4 nitrogen and oxygen atoms in total. The van der Waals surface area contributed by atoms with Crippen LogP contribution in [-0.2, 0) is 20.1 Å². The second kappa shape index (κ2) is 10.6. The van der Waals surface area contributed by atoms with Gasteiger partial charge in [0.05, 0.1) is 12.2 Å². The van der Waals surface area contributed by atoms with Crippen LogP contribution in [0.25, 0.3) is 0 Å². The summed E-state index contributed by atoms with van der Waals surface area (Å²) >= 11 is 5.28. The van der Waals surface area contributed by atoms with Crippen molar-refractivity contribution in [1.82, 2.24) is 5.32 Å². The number of rotatable bonds is 6. The predicted octanol–water partition coefficient (Wildman–Crippen LogP) is 7.53. The number of Topliss-reactive ketones (excluding diaryl/α,β-unsaturated/α-hetero) is 1. The van der Waals surface area contributed by atoms with E-state index < -0.39 is 5.92 Å². The van der Waals surface area contributed by atoms with Crippen LogP contribution in [0.3, 0.4) is 0 Å². The monoisotopic (exact) mass is 567 g/mol. The van der Waals surface area contributed by atoms with Gasteiger partial charge in [-0.25, -0.2) is 4.79 Å². The van der Waals surface area contributed by atoms with Crippen LogP contribution < -0.4 is 5.32 Å². The summed E-state index contributed by atoms with van der Waals surface area (Å²) in [5, 5.41) is 3.42. The van der Waals surface area contributed by atoms with Crippen LogP contribution in [-0.4, -0.2) is 18.4 Å². The second-order valence-corrected chi connectivity index (χ2v) is 12.5. The Morgan fingerprint density at radius 3 is 2.47 bits per heavy atom. The minimum Gasteiger partial charge on any atom is -0.463 e. The van der Waals surface area contributed by atoms with Crippen molar-refractivity contribution in [3.8, 4) is 0 Å². The van der Waals surface area contributed by atoms with E-state index in [1.165, 1.54) is 16.0 Å². The molecule has 4 rings (SSSR count). The number of allylic oxidation sites excluding steroid dienone is 3. The smallest absolute Gasteiger partial charge is 0.336 e. The van der Waals surface area contributed by atoms with Gasteiger partial charge in [0.25, 0.3) is 0 Å². The van der Waals surface area contributed by atoms with Crippen LogP contribution in [0.15, 0.2) is 68.3 Å². The number of thioether (sulfide) groups is 1. The van der Waals surface area contributed by atoms with Gasteiger partial charge in [-0.2, -0.15) is 0 Å². The lowest BCUT2D eigenvalue weighted by Gasteiger charge is -2.40. The van der Waals surface area contributed by atoms with Gasteiger partial charge in [-0.3, -0.25) is 4.79 Å². The van der Waals surface area contributed by atoms with Crippen LogP contribution in [0.5, 0.6) is 0 Å². The lowest BCUT2D eigenvalue weighted by atomic mass is 9.68. The minimum absolute atomic E-state index is 0.110. The summed E-state index contributed by atoms with van der Waals surface area (Å²) < 4.78 is 6.55. The van der Waals surface area contributed by atoms with Crippen LogP contribution in [0.2, 0.25) is 0 Å². The molecule has 0 bridgehead atoms. The van der Waals surface area contributed by atoms with E-state index in [0.29, 0.717) is 12.0 Å². The Morgan fingerprint density at radius 2 is 1.81 bits per heavy atom. The zero-order valence-corrected chi connectivity index (χ0v) is 24.3. The first-order chi connectivity index (χ1) is 17.0. The average molecular weight is 569 g/mol. The molecular weight excluding hydrogens is 534 g/mol. The molecule has 1 unspecified atom stereocenters. The minimum atomic E-state index is -0.430. The molecule has 1 N–H and O–H groups in total. The number of esters is 1. The van der Waals surface area contributed by atoms with E-state index >= 15 is 0 Å². The Hall–Kier alpha value is -2.31. The number of aryl methyl sites for hydroxylation is 2. The van der Waals surface area contributed by atoms with Gasteiger partial charge in [-0.1, -0.05) is 41.9 Å². The maximum atomic E-state index is 13.6. The maximum Gasteiger partial charge on any atom is 0.336 e. The fourth-order valence-corrected chi connectivity index (χ4v) is 6.53. The number of ether oxygens (including phenoxy) is 1. The normalized spacial score (nSPS) is 19.2. The lowest BCUT2D eigenvalue weighted by Crippen LogP contribution is -2.39. The summed E-state index contributed by atoms with van der Waals surface area (Å²) in [4.78, 5) is 28.0. The molecule has 6 heteroatoms. The molecule has 2 aromatic carbocycles. The second-order valence-electron chi connectivity index (χ2n) is 10.5. The van der Waals surface area contributed by atoms with Gasteiger partial charge >= 0.3 is 5.97 Å². The molecule has 1 aliphatic heterocycles. The van der Waals surface area contributed by atoms with Crippen molar-refractivity contribution in [1.29, 1.82) is 0 Å². The Kier molecular flexibility index (Phi) is 7.86. The molecule has 190 valence electrons. The van der Waals surface area contributed by atoms with E-state index in [-0.39, 0.29) is 23.8 Å². The maximum absolute atomic E-state index is 13.6. The first kappa shape index (κ1) is 26.7. The van der Waals surface area contributed by atoms with Crippen molar-refractivity contribution < 1.29 is 14.3 Å². The first-order valence-corrected chi connectivity index (χ1v) is 14.2. The molecule has 2 aromatic rings. The molecule has 0 saturated carbocycles. The van der Waals surface area contributed by atoms with Crippen molar-refractivity contribution in [3.05, 3.63) is 85.7 Å². The van der Waals surface area contributed by atoms with Gasteiger partial charge in [0.1, 0.15) is 0 Å². The average Bonchev–Trinajstić information content (AvgIpc) is 2.78. The summed E-state index contributed by atoms with van der Waals surface area (Å²) in [7, 11) is 0. The number of ketones is 1. The number of carbonyl (C=O) groups excluding carboxylic acids is 2. The summed E-state index contributed by atoms with van der Waals surface area (Å²) in [6.45, 7) is 12.5. The predicted molar refractivity (Wildman–Crippen MR) is 150 cm³/mol. The SMILES string of the molecule is CCOC(=O)C1=C(C)NC2=C(C(=O)CC(C)(C)C2)C1c1cc(CSc2ccc(Br)cc2)c(C)cc1C. The van der Waals surface area contributed by atoms with Crippen LogP contribution in [0.1, 0.15) is 68.7 Å². The zero-order valence-electron chi connectivity index (χ0n) is 21.9. The standard InChI is InChI=1S/C30H34BrNO3S/c1-7-35-29(34)26-19(4)32-24-14-30(5,6)15-25(33)28(24)27(26)23-13-20(17(2)12-18(23)3)16-36-22-10-8-21(31)9-11-22/h8-13,27,32H,7,14-16H2,1-6H3. The molecule has 0 saturated heterocycles. The molecule has 0 aromatic heterocycles. The molecule has 0 radical (unpaired) electrons. The Labute approximate surface area is 227 Å². The Morgan fingerprint density at radius 1 is 1.11 bits per heavy atom. The number of carbonyl (C=O) groups is 2. The molecule has 2 aliphatic rings. The highest BCUT2D eigenvalue weighted by Gasteiger charge is 2.43. The fraction of sp³-hybridized carbons (Fsp3) is 0.400. The number of nitrogens with one attached hydrogen (secondary N) is 1. The van der Waals surface area contributed by atoms with E-state index in [9.17, 15) is 9.59 Å². The van der Waals surface area contributed by atoms with E-state index in [4.69, 9.17) is 4.74 Å². The van der Waals surface area contributed by atoms with E-state index in [1.807, 2.05) is 26.0 Å². The van der Waals surface area contributed by atoms with E-state index in [0.717, 1.165) is 44.7 Å². The summed E-state index contributed by atoms with van der Waals surface area (Å²) in [6, 6.07) is 12.7. The molecular formula is C30H34BrNO3S. The Bertz CT molecular complexity index is 1270. The van der Waals surface area contributed by atoms with Gasteiger partial charge in [-0.15, -0.1) is 11.8 Å². The van der Waals surface area contributed by atoms with Crippen molar-refractivity contribution in [2.75, 3.05) is 6.61 Å². The number of benzene rings is 2. The number of hydrogen-bond donors (Lipinski definition) is 1. The molecule has 1 heterocycles. The van der Waals surface area contributed by atoms with E-state index in [2.05, 4.69) is 73.2 Å². The molecule has 0 amide bonds. The quantitative estimate of drug-likeness (QED) is 0.289. The van der Waals surface area contributed by atoms with Crippen molar-refractivity contribution in [2.24, 2.45) is 5.41 Å². The van der Waals surface area contributed by atoms with Gasteiger partial charge < -0.3 is 10.1 Å². The van der Waals surface area contributed by atoms with Gasteiger partial charge in [0.15, 0.2) is 5.78 Å². The van der Waals surface area contributed by atoms with Crippen molar-refractivity contribution >= 4 is 39.4 Å². The van der Waals surface area contributed by atoms with Crippen LogP contribution in [0.4, 0.5) is 0 Å². The highest BCUT2D eigenvalue weighted by Crippen LogP contribution is 2.48. The third kappa shape index (κ3) is 5.50. The molecule has 1 atom stereocenters. The summed E-state index contributed by atoms with van der Waals surface area (Å²) in [5.41, 5.74) is 7.36. The first-order valence-electron chi connectivity index (χ1n) is 12.4. The third-order valence-electron chi connectivity index (χ3n) is 6.98. The topological polar surface area (TPSA) is 55.4 Å². The number of hydrogen-bond acceptors (Lipinski definition) is 5. The summed E-state index contributed by atoms with van der Waals surface area (Å²) in [6.07, 6.45) is 1.24. The molecule has 0 fully saturated rings. The molecule has 0 spiro atoms. The van der Waals surface area contributed by atoms with E-state index in [1.54, 1.807) is 11.8 Å². The van der Waals surface area contributed by atoms with Crippen LogP contribution >= 0.6 is 27.7 Å². The lowest BCUT2D eigenvalue weighted by molar-refractivity contribution is -0.138. The fourth-order valence-electron chi connectivity index (χ4n) is 5.30. The molecule has 36 heavy (non-hydrogen) atoms. The number of dihydropyridines is 1. The van der Waals surface area contributed by atoms with Gasteiger partial charge in [0.2, 0.25) is 0 Å². The van der Waals surface area contributed by atoms with Gasteiger partial charge in [0, 0.05) is 44.4 Å². The molecule has 1 aliphatic carbocycles. The van der Waals surface area contributed by atoms with Gasteiger partial charge in [-0.05, 0) is 86.1 Å². The summed E-state index contributed by atoms with van der Waals surface area (Å²) in [5.74, 6) is 0.123.